The Balaban J connectivity index is 1.91. The second-order valence-corrected chi connectivity index (χ2v) is 7.60. The number of esters is 2. The SMILES string of the molecule is CCCCOCn1c(=O)ccn([C@@H]2O[C@H](OC(C)=O)[C@H](OC(=O)c3ccccc3)C2OC)c1=O. The van der Waals surface area contributed by atoms with E-state index >= 15 is 0 Å². The van der Waals surface area contributed by atoms with Crippen LogP contribution in [0.2, 0.25) is 0 Å². The highest BCUT2D eigenvalue weighted by Gasteiger charge is 2.51. The van der Waals surface area contributed by atoms with Gasteiger partial charge >= 0.3 is 17.6 Å². The second-order valence-electron chi connectivity index (χ2n) is 7.60. The molecule has 1 fully saturated rings. The van der Waals surface area contributed by atoms with Crippen molar-refractivity contribution in [3.8, 4) is 0 Å². The topological polar surface area (TPSA) is 124 Å². The van der Waals surface area contributed by atoms with E-state index in [4.69, 9.17) is 23.7 Å². The number of ether oxygens (including phenoxy) is 5. The molecule has 11 heteroatoms. The Morgan fingerprint density at radius 1 is 1.06 bits per heavy atom. The predicted octanol–water partition coefficient (Wildman–Crippen LogP) is 1.44. The summed E-state index contributed by atoms with van der Waals surface area (Å²) in [7, 11) is 1.34. The Morgan fingerprint density at radius 3 is 2.44 bits per heavy atom. The summed E-state index contributed by atoms with van der Waals surface area (Å²) in [5.41, 5.74) is -0.988. The van der Waals surface area contributed by atoms with Gasteiger partial charge in [0.1, 0.15) is 12.8 Å². The van der Waals surface area contributed by atoms with Gasteiger partial charge in [0.25, 0.3) is 5.56 Å². The molecule has 1 unspecified atom stereocenters. The average Bonchev–Trinajstić information content (AvgIpc) is 3.14. The maximum absolute atomic E-state index is 13.1. The van der Waals surface area contributed by atoms with Crippen molar-refractivity contribution in [2.75, 3.05) is 13.7 Å². The van der Waals surface area contributed by atoms with Gasteiger partial charge in [0, 0.05) is 32.9 Å². The van der Waals surface area contributed by atoms with E-state index in [1.165, 1.54) is 26.3 Å². The first-order valence-electron chi connectivity index (χ1n) is 10.9. The zero-order chi connectivity index (χ0) is 24.7. The molecule has 0 spiro atoms. The van der Waals surface area contributed by atoms with Crippen LogP contribution < -0.4 is 11.2 Å². The van der Waals surface area contributed by atoms with Crippen LogP contribution in [0.5, 0.6) is 0 Å². The van der Waals surface area contributed by atoms with Crippen LogP contribution >= 0.6 is 0 Å². The number of methoxy groups -OCH3 is 1. The number of benzene rings is 1. The summed E-state index contributed by atoms with van der Waals surface area (Å²) in [6.45, 7) is 3.33. The lowest BCUT2D eigenvalue weighted by atomic mass is 10.2. The number of carbonyl (C=O) groups excluding carboxylic acids is 2. The molecule has 34 heavy (non-hydrogen) atoms. The van der Waals surface area contributed by atoms with Crippen molar-refractivity contribution in [2.45, 2.75) is 58.1 Å². The normalized spacial score (nSPS) is 21.9. The maximum Gasteiger partial charge on any atom is 0.338 e. The summed E-state index contributed by atoms with van der Waals surface area (Å²) in [6.07, 6.45) is -1.77. The number of hydrogen-bond acceptors (Lipinski definition) is 9. The number of rotatable bonds is 10. The van der Waals surface area contributed by atoms with Gasteiger partial charge in [-0.1, -0.05) is 31.5 Å². The third-order valence-electron chi connectivity index (χ3n) is 5.19. The zero-order valence-corrected chi connectivity index (χ0v) is 19.2. The molecule has 2 heterocycles. The first-order valence-corrected chi connectivity index (χ1v) is 10.9. The smallest absolute Gasteiger partial charge is 0.338 e. The molecule has 0 amide bonds. The Morgan fingerprint density at radius 2 is 1.79 bits per heavy atom. The van der Waals surface area contributed by atoms with Crippen molar-refractivity contribution >= 4 is 11.9 Å². The van der Waals surface area contributed by atoms with Crippen LogP contribution in [0, 0.1) is 0 Å². The fraction of sp³-hybridized carbons (Fsp3) is 0.478. The predicted molar refractivity (Wildman–Crippen MR) is 118 cm³/mol. The van der Waals surface area contributed by atoms with E-state index in [9.17, 15) is 19.2 Å². The van der Waals surface area contributed by atoms with Crippen LogP contribution in [0.1, 0.15) is 43.3 Å². The van der Waals surface area contributed by atoms with Crippen LogP contribution in [0.15, 0.2) is 52.2 Å². The summed E-state index contributed by atoms with van der Waals surface area (Å²) >= 11 is 0. The molecule has 4 atom stereocenters. The maximum atomic E-state index is 13.1. The largest absolute Gasteiger partial charge is 0.449 e. The molecule has 11 nitrogen and oxygen atoms in total. The van der Waals surface area contributed by atoms with Crippen molar-refractivity contribution in [3.05, 3.63) is 69.0 Å². The molecular weight excluding hydrogens is 448 g/mol. The van der Waals surface area contributed by atoms with Gasteiger partial charge in [0.15, 0.2) is 12.3 Å². The van der Waals surface area contributed by atoms with Gasteiger partial charge in [-0.3, -0.25) is 14.2 Å². The monoisotopic (exact) mass is 476 g/mol. The van der Waals surface area contributed by atoms with Crippen LogP contribution in [0.25, 0.3) is 0 Å². The molecule has 2 aromatic rings. The first kappa shape index (κ1) is 25.3. The van der Waals surface area contributed by atoms with Crippen LogP contribution in [0.4, 0.5) is 0 Å². The van der Waals surface area contributed by atoms with Crippen LogP contribution in [0.3, 0.4) is 0 Å². The fourth-order valence-corrected chi connectivity index (χ4v) is 3.48. The van der Waals surface area contributed by atoms with E-state index in [0.717, 1.165) is 22.0 Å². The van der Waals surface area contributed by atoms with Gasteiger partial charge in [0.2, 0.25) is 6.29 Å². The molecule has 1 aromatic heterocycles. The third kappa shape index (κ3) is 5.79. The van der Waals surface area contributed by atoms with E-state index in [1.807, 2.05) is 6.92 Å². The third-order valence-corrected chi connectivity index (χ3v) is 5.19. The van der Waals surface area contributed by atoms with Crippen molar-refractivity contribution in [2.24, 2.45) is 0 Å². The molecule has 1 aliphatic rings. The van der Waals surface area contributed by atoms with E-state index in [-0.39, 0.29) is 12.3 Å². The Labute approximate surface area is 195 Å². The van der Waals surface area contributed by atoms with Gasteiger partial charge < -0.3 is 23.7 Å². The summed E-state index contributed by atoms with van der Waals surface area (Å²) in [5.74, 6) is -1.36. The van der Waals surface area contributed by atoms with Crippen molar-refractivity contribution < 1.29 is 33.3 Å². The summed E-state index contributed by atoms with van der Waals surface area (Å²) in [6, 6.07) is 9.41. The number of aromatic nitrogens is 2. The van der Waals surface area contributed by atoms with Gasteiger partial charge in [-0.05, 0) is 18.6 Å². The summed E-state index contributed by atoms with van der Waals surface area (Å²) in [4.78, 5) is 49.7. The van der Waals surface area contributed by atoms with Gasteiger partial charge in [-0.15, -0.1) is 0 Å². The number of nitrogens with zero attached hydrogens (tertiary/aromatic N) is 2. The number of carbonyl (C=O) groups is 2. The minimum Gasteiger partial charge on any atom is -0.449 e. The van der Waals surface area contributed by atoms with Crippen molar-refractivity contribution in [3.63, 3.8) is 0 Å². The Bertz CT molecular complexity index is 1100. The molecule has 0 N–H and O–H groups in total. The quantitative estimate of drug-likeness (QED) is 0.370. The molecule has 184 valence electrons. The zero-order valence-electron chi connectivity index (χ0n) is 19.2. The summed E-state index contributed by atoms with van der Waals surface area (Å²) in [5, 5.41) is 0. The Kier molecular flexibility index (Phi) is 8.74. The molecule has 0 aliphatic carbocycles. The standard InChI is InChI=1S/C23H28N2O9/c1-4-5-13-31-14-25-17(27)11-12-24(23(25)29)20-18(30-3)19(22(34-20)32-15(2)26)33-21(28)16-9-7-6-8-10-16/h6-12,18-20,22H,4-5,13-14H2,1-3H3/t18?,19-,20-,22+/m1/s1. The molecule has 0 saturated carbocycles. The van der Waals surface area contributed by atoms with Crippen molar-refractivity contribution in [1.82, 2.24) is 9.13 Å². The van der Waals surface area contributed by atoms with E-state index < -0.39 is 47.9 Å². The molecule has 0 radical (unpaired) electrons. The van der Waals surface area contributed by atoms with Crippen LogP contribution in [-0.2, 0) is 35.2 Å². The molecule has 1 saturated heterocycles. The number of hydrogen-bond donors (Lipinski definition) is 0. The minimum absolute atomic E-state index is 0.233. The molecule has 1 aliphatic heterocycles. The second kappa shape index (κ2) is 11.7. The molecule has 1 aromatic carbocycles. The fourth-order valence-electron chi connectivity index (χ4n) is 3.48. The summed E-state index contributed by atoms with van der Waals surface area (Å²) < 4.78 is 29.5. The lowest BCUT2D eigenvalue weighted by Crippen LogP contribution is -2.44. The highest BCUT2D eigenvalue weighted by molar-refractivity contribution is 5.89. The lowest BCUT2D eigenvalue weighted by molar-refractivity contribution is -0.191. The van der Waals surface area contributed by atoms with E-state index in [1.54, 1.807) is 30.3 Å². The lowest BCUT2D eigenvalue weighted by Gasteiger charge is -2.23. The van der Waals surface area contributed by atoms with Crippen molar-refractivity contribution in [1.29, 1.82) is 0 Å². The highest BCUT2D eigenvalue weighted by Crippen LogP contribution is 2.33. The van der Waals surface area contributed by atoms with E-state index in [0.29, 0.717) is 6.61 Å². The first-order chi connectivity index (χ1) is 16.4. The Hall–Kier alpha value is -3.28. The minimum atomic E-state index is -1.34. The average molecular weight is 476 g/mol. The van der Waals surface area contributed by atoms with Crippen LogP contribution in [-0.4, -0.2) is 53.3 Å². The highest BCUT2D eigenvalue weighted by atomic mass is 16.7. The number of unbranched alkanes of at least 4 members (excludes halogenated alkanes) is 1. The van der Waals surface area contributed by atoms with Gasteiger partial charge in [-0.2, -0.15) is 0 Å². The van der Waals surface area contributed by atoms with Gasteiger partial charge in [-0.25, -0.2) is 14.2 Å². The van der Waals surface area contributed by atoms with Gasteiger partial charge in [0.05, 0.1) is 5.56 Å². The van der Waals surface area contributed by atoms with E-state index in [2.05, 4.69) is 0 Å². The molecular formula is C23H28N2O9. The molecule has 3 rings (SSSR count). The molecule has 0 bridgehead atoms.